The summed E-state index contributed by atoms with van der Waals surface area (Å²) in [5, 5.41) is 2.96. The second-order valence-electron chi connectivity index (χ2n) is 4.04. The van der Waals surface area contributed by atoms with Gasteiger partial charge in [-0.2, -0.15) is 0 Å². The van der Waals surface area contributed by atoms with E-state index in [9.17, 15) is 4.79 Å². The van der Waals surface area contributed by atoms with E-state index in [1.54, 1.807) is 0 Å². The van der Waals surface area contributed by atoms with Gasteiger partial charge in [0.25, 0.3) is 0 Å². The van der Waals surface area contributed by atoms with Gasteiger partial charge in [-0.05, 0) is 11.8 Å². The zero-order valence-corrected chi connectivity index (χ0v) is 9.39. The lowest BCUT2D eigenvalue weighted by atomic mass is 10.0. The smallest absolute Gasteiger partial charge is 0.220 e. The molecule has 0 aromatic heterocycles. The molecule has 0 radical (unpaired) electrons. The number of nitrogens with one attached hydrogen (secondary N) is 1. The molecule has 2 heteroatoms. The van der Waals surface area contributed by atoms with Gasteiger partial charge in [-0.25, -0.2) is 0 Å². The van der Waals surface area contributed by atoms with Crippen molar-refractivity contribution in [1.29, 1.82) is 0 Å². The molecule has 13 heavy (non-hydrogen) atoms. The van der Waals surface area contributed by atoms with Crippen LogP contribution in [0.2, 0.25) is 0 Å². The van der Waals surface area contributed by atoms with Crippen molar-refractivity contribution in [1.82, 2.24) is 5.32 Å². The Morgan fingerprint density at radius 3 is 2.15 bits per heavy atom. The van der Waals surface area contributed by atoms with E-state index >= 15 is 0 Å². The molecular formula is C11H23NO. The minimum atomic E-state index is 0.203. The highest BCUT2D eigenvalue weighted by Gasteiger charge is 2.07. The van der Waals surface area contributed by atoms with Crippen LogP contribution >= 0.6 is 0 Å². The molecule has 0 heterocycles. The molecule has 0 aliphatic heterocycles. The fourth-order valence-electron chi connectivity index (χ4n) is 0.965. The van der Waals surface area contributed by atoms with E-state index in [0.29, 0.717) is 18.3 Å². The van der Waals surface area contributed by atoms with Crippen molar-refractivity contribution in [2.24, 2.45) is 11.8 Å². The lowest BCUT2D eigenvalue weighted by Gasteiger charge is -2.12. The highest BCUT2D eigenvalue weighted by Crippen LogP contribution is 2.06. The summed E-state index contributed by atoms with van der Waals surface area (Å²) in [4.78, 5) is 11.3. The van der Waals surface area contributed by atoms with Crippen LogP contribution in [0.25, 0.3) is 0 Å². The molecule has 1 amide bonds. The zero-order valence-electron chi connectivity index (χ0n) is 9.39. The molecule has 0 aromatic carbocycles. The highest BCUT2D eigenvalue weighted by molar-refractivity contribution is 5.76. The monoisotopic (exact) mass is 185 g/mol. The average Bonchev–Trinajstić information content (AvgIpc) is 2.13. The van der Waals surface area contributed by atoms with Crippen molar-refractivity contribution < 1.29 is 4.79 Å². The first-order chi connectivity index (χ1) is 6.10. The maximum absolute atomic E-state index is 11.3. The Labute approximate surface area is 82.1 Å². The first-order valence-corrected chi connectivity index (χ1v) is 5.36. The van der Waals surface area contributed by atoms with Crippen LogP contribution in [0.3, 0.4) is 0 Å². The van der Waals surface area contributed by atoms with Crippen molar-refractivity contribution in [3.8, 4) is 0 Å². The SMILES string of the molecule is CCC(C)CNC(=O)CC(C)CC. The molecular weight excluding hydrogens is 162 g/mol. The van der Waals surface area contributed by atoms with Crippen LogP contribution in [0.5, 0.6) is 0 Å². The van der Waals surface area contributed by atoms with Crippen molar-refractivity contribution in [2.45, 2.75) is 47.0 Å². The van der Waals surface area contributed by atoms with Crippen LogP contribution < -0.4 is 5.32 Å². The number of hydrogen-bond acceptors (Lipinski definition) is 1. The number of hydrogen-bond donors (Lipinski definition) is 1. The molecule has 0 aliphatic rings. The summed E-state index contributed by atoms with van der Waals surface area (Å²) >= 11 is 0. The molecule has 0 aliphatic carbocycles. The van der Waals surface area contributed by atoms with Gasteiger partial charge in [0.2, 0.25) is 5.91 Å². The average molecular weight is 185 g/mol. The van der Waals surface area contributed by atoms with Gasteiger partial charge >= 0.3 is 0 Å². The molecule has 78 valence electrons. The molecule has 2 nitrogen and oxygen atoms in total. The maximum Gasteiger partial charge on any atom is 0.220 e. The summed E-state index contributed by atoms with van der Waals surface area (Å²) in [6.07, 6.45) is 2.88. The molecule has 0 fully saturated rings. The van der Waals surface area contributed by atoms with E-state index < -0.39 is 0 Å². The Bertz CT molecular complexity index is 145. The fraction of sp³-hybridized carbons (Fsp3) is 0.909. The summed E-state index contributed by atoms with van der Waals surface area (Å²) in [7, 11) is 0. The topological polar surface area (TPSA) is 29.1 Å². The minimum absolute atomic E-state index is 0.203. The van der Waals surface area contributed by atoms with Crippen molar-refractivity contribution in [3.63, 3.8) is 0 Å². The third kappa shape index (κ3) is 6.62. The van der Waals surface area contributed by atoms with Crippen molar-refractivity contribution >= 4 is 5.91 Å². The van der Waals surface area contributed by atoms with Crippen LogP contribution in [-0.4, -0.2) is 12.5 Å². The summed E-state index contributed by atoms with van der Waals surface area (Å²) in [5.74, 6) is 1.31. The first-order valence-electron chi connectivity index (χ1n) is 5.36. The Kier molecular flexibility index (Phi) is 6.65. The van der Waals surface area contributed by atoms with Gasteiger partial charge in [-0.3, -0.25) is 4.79 Å². The molecule has 2 unspecified atom stereocenters. The fourth-order valence-corrected chi connectivity index (χ4v) is 0.965. The van der Waals surface area contributed by atoms with Gasteiger partial charge in [0.15, 0.2) is 0 Å². The van der Waals surface area contributed by atoms with Gasteiger partial charge in [-0.1, -0.05) is 40.5 Å². The van der Waals surface area contributed by atoms with Gasteiger partial charge in [0.1, 0.15) is 0 Å². The first kappa shape index (κ1) is 12.5. The van der Waals surface area contributed by atoms with E-state index in [1.807, 2.05) is 0 Å². The van der Waals surface area contributed by atoms with Crippen molar-refractivity contribution in [2.75, 3.05) is 6.54 Å². The van der Waals surface area contributed by atoms with Crippen LogP contribution in [0, 0.1) is 11.8 Å². The third-order valence-electron chi connectivity index (χ3n) is 2.58. The van der Waals surface area contributed by atoms with Crippen LogP contribution in [0.1, 0.15) is 47.0 Å². The highest BCUT2D eigenvalue weighted by atomic mass is 16.1. The molecule has 2 atom stereocenters. The van der Waals surface area contributed by atoms with Crippen LogP contribution in [-0.2, 0) is 4.79 Å². The number of carbonyl (C=O) groups is 1. The maximum atomic E-state index is 11.3. The van der Waals surface area contributed by atoms with Gasteiger partial charge in [0.05, 0.1) is 0 Å². The third-order valence-corrected chi connectivity index (χ3v) is 2.58. The van der Waals surface area contributed by atoms with Gasteiger partial charge < -0.3 is 5.32 Å². The second-order valence-corrected chi connectivity index (χ2v) is 4.04. The van der Waals surface area contributed by atoms with E-state index in [-0.39, 0.29) is 5.91 Å². The standard InChI is InChI=1S/C11H23NO/c1-5-9(3)7-11(13)12-8-10(4)6-2/h9-10H,5-8H2,1-4H3,(H,12,13). The number of carbonyl (C=O) groups excluding carboxylic acids is 1. The van der Waals surface area contributed by atoms with E-state index in [4.69, 9.17) is 0 Å². The predicted molar refractivity (Wildman–Crippen MR) is 56.5 cm³/mol. The quantitative estimate of drug-likeness (QED) is 0.677. The molecule has 0 bridgehead atoms. The van der Waals surface area contributed by atoms with Gasteiger partial charge in [0, 0.05) is 13.0 Å². The Morgan fingerprint density at radius 2 is 1.69 bits per heavy atom. The van der Waals surface area contributed by atoms with Crippen molar-refractivity contribution in [3.05, 3.63) is 0 Å². The zero-order chi connectivity index (χ0) is 10.3. The minimum Gasteiger partial charge on any atom is -0.356 e. The summed E-state index contributed by atoms with van der Waals surface area (Å²) in [6, 6.07) is 0. The number of rotatable bonds is 6. The molecule has 0 spiro atoms. The Morgan fingerprint density at radius 1 is 1.15 bits per heavy atom. The largest absolute Gasteiger partial charge is 0.356 e. The van der Waals surface area contributed by atoms with E-state index in [2.05, 4.69) is 33.0 Å². The predicted octanol–water partition coefficient (Wildman–Crippen LogP) is 2.58. The lowest BCUT2D eigenvalue weighted by Crippen LogP contribution is -2.29. The van der Waals surface area contributed by atoms with E-state index in [0.717, 1.165) is 19.4 Å². The summed E-state index contributed by atoms with van der Waals surface area (Å²) < 4.78 is 0. The normalized spacial score (nSPS) is 15.1. The number of amides is 1. The molecule has 0 saturated heterocycles. The summed E-state index contributed by atoms with van der Waals surface area (Å²) in [5.41, 5.74) is 0. The Balaban J connectivity index is 3.51. The van der Waals surface area contributed by atoms with Crippen LogP contribution in [0.4, 0.5) is 0 Å². The molecule has 0 saturated carbocycles. The molecule has 0 rings (SSSR count). The lowest BCUT2D eigenvalue weighted by molar-refractivity contribution is -0.122. The molecule has 1 N–H and O–H groups in total. The summed E-state index contributed by atoms with van der Waals surface area (Å²) in [6.45, 7) is 9.36. The van der Waals surface area contributed by atoms with E-state index in [1.165, 1.54) is 0 Å². The Hall–Kier alpha value is -0.530. The van der Waals surface area contributed by atoms with Gasteiger partial charge in [-0.15, -0.1) is 0 Å². The second kappa shape index (κ2) is 6.93. The molecule has 0 aromatic rings. The van der Waals surface area contributed by atoms with Crippen LogP contribution in [0.15, 0.2) is 0 Å².